The number of carbonyl (C=O) groups excluding carboxylic acids is 1. The second-order valence-electron chi connectivity index (χ2n) is 4.52. The first kappa shape index (κ1) is 11.6. The van der Waals surface area contributed by atoms with Crippen LogP contribution in [0.2, 0.25) is 0 Å². The molecule has 1 saturated heterocycles. The number of amides is 1. The molecule has 0 aliphatic carbocycles. The summed E-state index contributed by atoms with van der Waals surface area (Å²) in [6.45, 7) is 1.39. The predicted molar refractivity (Wildman–Crippen MR) is 71.1 cm³/mol. The van der Waals surface area contributed by atoms with Gasteiger partial charge < -0.3 is 4.90 Å². The molecule has 96 valence electrons. The van der Waals surface area contributed by atoms with Gasteiger partial charge in [-0.15, -0.1) is 5.10 Å². The average Bonchev–Trinajstić information content (AvgIpc) is 2.90. The van der Waals surface area contributed by atoms with Gasteiger partial charge in [-0.1, -0.05) is 35.5 Å². The summed E-state index contributed by atoms with van der Waals surface area (Å²) in [7, 11) is 0. The summed E-state index contributed by atoms with van der Waals surface area (Å²) in [5.74, 6) is 0.0419. The molecule has 1 aromatic heterocycles. The first-order chi connectivity index (χ1) is 9.33. The zero-order valence-corrected chi connectivity index (χ0v) is 10.4. The minimum atomic E-state index is 0.0419. The van der Waals surface area contributed by atoms with E-state index >= 15 is 0 Å². The lowest BCUT2D eigenvalue weighted by Gasteiger charge is -2.38. The normalized spacial score (nSPS) is 15.7. The molecule has 2 heterocycles. The summed E-state index contributed by atoms with van der Waals surface area (Å²) >= 11 is 0. The van der Waals surface area contributed by atoms with Crippen LogP contribution >= 0.6 is 0 Å². The fourth-order valence-electron chi connectivity index (χ4n) is 2.05. The Kier molecular flexibility index (Phi) is 3.10. The van der Waals surface area contributed by atoms with E-state index in [0.717, 1.165) is 5.56 Å². The molecule has 1 aliphatic heterocycles. The number of hydrogen-bond donors (Lipinski definition) is 0. The molecule has 1 amide bonds. The summed E-state index contributed by atoms with van der Waals surface area (Å²) in [5, 5.41) is 7.70. The number of rotatable bonds is 3. The Balaban J connectivity index is 1.55. The van der Waals surface area contributed by atoms with Gasteiger partial charge in [0.15, 0.2) is 0 Å². The lowest BCUT2D eigenvalue weighted by atomic mass is 10.1. The fourth-order valence-corrected chi connectivity index (χ4v) is 2.05. The molecule has 5 nitrogen and oxygen atoms in total. The van der Waals surface area contributed by atoms with Crippen LogP contribution in [0.1, 0.15) is 11.6 Å². The summed E-state index contributed by atoms with van der Waals surface area (Å²) in [4.78, 5) is 13.7. The molecule has 3 rings (SSSR count). The van der Waals surface area contributed by atoms with Crippen molar-refractivity contribution in [2.24, 2.45) is 0 Å². The van der Waals surface area contributed by atoms with E-state index in [-0.39, 0.29) is 11.9 Å². The maximum Gasteiger partial charge on any atom is 0.246 e. The number of nitrogens with zero attached hydrogens (tertiary/aromatic N) is 4. The van der Waals surface area contributed by atoms with Crippen molar-refractivity contribution < 1.29 is 4.79 Å². The van der Waals surface area contributed by atoms with Crippen molar-refractivity contribution in [2.45, 2.75) is 6.04 Å². The largest absolute Gasteiger partial charge is 0.335 e. The van der Waals surface area contributed by atoms with E-state index in [1.54, 1.807) is 21.9 Å². The van der Waals surface area contributed by atoms with Crippen LogP contribution in [0.25, 0.3) is 6.08 Å². The molecule has 1 aliphatic rings. The standard InChI is InChI=1S/C14H14N4O/c19-14(7-6-12-4-2-1-3-5-12)17-10-13(11-17)18-9-8-15-16-18/h1-9,13H,10-11H2/b7-6+. The number of hydrogen-bond acceptors (Lipinski definition) is 3. The third kappa shape index (κ3) is 2.54. The number of likely N-dealkylation sites (tertiary alicyclic amines) is 1. The molecule has 1 aromatic carbocycles. The van der Waals surface area contributed by atoms with E-state index in [1.165, 1.54) is 0 Å². The Morgan fingerprint density at radius 2 is 2.05 bits per heavy atom. The summed E-state index contributed by atoms with van der Waals surface area (Å²) in [6.07, 6.45) is 6.93. The second-order valence-corrected chi connectivity index (χ2v) is 4.52. The number of carbonyl (C=O) groups is 1. The molecule has 2 aromatic rings. The lowest BCUT2D eigenvalue weighted by Crippen LogP contribution is -2.50. The van der Waals surface area contributed by atoms with E-state index < -0.39 is 0 Å². The quantitative estimate of drug-likeness (QED) is 0.777. The molecule has 0 N–H and O–H groups in total. The molecule has 1 fully saturated rings. The zero-order chi connectivity index (χ0) is 13.1. The molecule has 0 bridgehead atoms. The zero-order valence-electron chi connectivity index (χ0n) is 10.4. The van der Waals surface area contributed by atoms with Crippen LogP contribution in [0, 0.1) is 0 Å². The Hall–Kier alpha value is -2.43. The molecule has 5 heteroatoms. The van der Waals surface area contributed by atoms with Gasteiger partial charge in [-0.2, -0.15) is 0 Å². The highest BCUT2D eigenvalue weighted by Crippen LogP contribution is 2.20. The Morgan fingerprint density at radius 3 is 2.74 bits per heavy atom. The van der Waals surface area contributed by atoms with Crippen LogP contribution in [-0.4, -0.2) is 38.9 Å². The SMILES string of the molecule is O=C(/C=C/c1ccccc1)N1CC(n2ccnn2)C1. The molecular formula is C14H14N4O. The highest BCUT2D eigenvalue weighted by atomic mass is 16.2. The molecule has 0 radical (unpaired) electrons. The van der Waals surface area contributed by atoms with Crippen molar-refractivity contribution in [2.75, 3.05) is 13.1 Å². The highest BCUT2D eigenvalue weighted by Gasteiger charge is 2.31. The van der Waals surface area contributed by atoms with Gasteiger partial charge in [0.2, 0.25) is 5.91 Å². The topological polar surface area (TPSA) is 51.0 Å². The maximum atomic E-state index is 11.9. The average molecular weight is 254 g/mol. The van der Waals surface area contributed by atoms with Gasteiger partial charge in [0.1, 0.15) is 0 Å². The number of aromatic nitrogens is 3. The van der Waals surface area contributed by atoms with E-state index in [2.05, 4.69) is 10.3 Å². The first-order valence-corrected chi connectivity index (χ1v) is 6.21. The van der Waals surface area contributed by atoms with Crippen LogP contribution < -0.4 is 0 Å². The lowest BCUT2D eigenvalue weighted by molar-refractivity contribution is -0.131. The monoisotopic (exact) mass is 254 g/mol. The molecular weight excluding hydrogens is 240 g/mol. The summed E-state index contributed by atoms with van der Waals surface area (Å²) in [5.41, 5.74) is 1.03. The first-order valence-electron chi connectivity index (χ1n) is 6.21. The van der Waals surface area contributed by atoms with Crippen LogP contribution in [0.4, 0.5) is 0 Å². The van der Waals surface area contributed by atoms with Crippen molar-refractivity contribution in [1.29, 1.82) is 0 Å². The van der Waals surface area contributed by atoms with Crippen molar-refractivity contribution in [3.63, 3.8) is 0 Å². The highest BCUT2D eigenvalue weighted by molar-refractivity contribution is 5.92. The van der Waals surface area contributed by atoms with E-state index in [0.29, 0.717) is 13.1 Å². The molecule has 0 atom stereocenters. The van der Waals surface area contributed by atoms with Crippen molar-refractivity contribution in [1.82, 2.24) is 19.9 Å². The Bertz CT molecular complexity index is 571. The minimum absolute atomic E-state index is 0.0419. The van der Waals surface area contributed by atoms with Gasteiger partial charge >= 0.3 is 0 Å². The third-order valence-electron chi connectivity index (χ3n) is 3.21. The predicted octanol–water partition coefficient (Wildman–Crippen LogP) is 1.37. The van der Waals surface area contributed by atoms with Crippen molar-refractivity contribution >= 4 is 12.0 Å². The number of benzene rings is 1. The van der Waals surface area contributed by atoms with Gasteiger partial charge in [-0.05, 0) is 11.6 Å². The summed E-state index contributed by atoms with van der Waals surface area (Å²) < 4.78 is 1.80. The third-order valence-corrected chi connectivity index (χ3v) is 3.21. The molecule has 0 saturated carbocycles. The molecule has 0 unspecified atom stereocenters. The summed E-state index contributed by atoms with van der Waals surface area (Å²) in [6, 6.07) is 10.1. The molecule has 19 heavy (non-hydrogen) atoms. The van der Waals surface area contributed by atoms with Crippen LogP contribution in [0.5, 0.6) is 0 Å². The maximum absolute atomic E-state index is 11.9. The van der Waals surface area contributed by atoms with Gasteiger partial charge in [0.25, 0.3) is 0 Å². The van der Waals surface area contributed by atoms with E-state index in [9.17, 15) is 4.79 Å². The van der Waals surface area contributed by atoms with Gasteiger partial charge in [0, 0.05) is 25.4 Å². The molecule has 0 spiro atoms. The smallest absolute Gasteiger partial charge is 0.246 e. The van der Waals surface area contributed by atoms with Crippen molar-refractivity contribution in [3.8, 4) is 0 Å². The van der Waals surface area contributed by atoms with Crippen molar-refractivity contribution in [3.05, 3.63) is 54.4 Å². The Labute approximate surface area is 111 Å². The minimum Gasteiger partial charge on any atom is -0.335 e. The van der Waals surface area contributed by atoms with Gasteiger partial charge in [0.05, 0.1) is 12.2 Å². The Morgan fingerprint density at radius 1 is 1.26 bits per heavy atom. The van der Waals surface area contributed by atoms with Crippen LogP contribution in [-0.2, 0) is 4.79 Å². The van der Waals surface area contributed by atoms with Crippen LogP contribution in [0.3, 0.4) is 0 Å². The van der Waals surface area contributed by atoms with E-state index in [4.69, 9.17) is 0 Å². The van der Waals surface area contributed by atoms with E-state index in [1.807, 2.05) is 42.6 Å². The van der Waals surface area contributed by atoms with Gasteiger partial charge in [-0.3, -0.25) is 4.79 Å². The second kappa shape index (κ2) is 5.06. The van der Waals surface area contributed by atoms with Gasteiger partial charge in [-0.25, -0.2) is 4.68 Å². The van der Waals surface area contributed by atoms with Crippen LogP contribution in [0.15, 0.2) is 48.8 Å². The fraction of sp³-hybridized carbons (Fsp3) is 0.214.